The van der Waals surface area contributed by atoms with Crippen LogP contribution in [0.4, 0.5) is 20.6 Å². The predicted octanol–water partition coefficient (Wildman–Crippen LogP) is 4.32. The molecule has 3 amide bonds. The number of carbonyl (C=O) groups is 2. The number of nitrogens with zero attached hydrogens (tertiary/aromatic N) is 3. The second-order valence-corrected chi connectivity index (χ2v) is 8.27. The lowest BCUT2D eigenvalue weighted by molar-refractivity contribution is 0.102. The molecule has 1 saturated heterocycles. The van der Waals surface area contributed by atoms with E-state index in [2.05, 4.69) is 20.8 Å². The Morgan fingerprint density at radius 1 is 1.12 bits per heavy atom. The van der Waals surface area contributed by atoms with Gasteiger partial charge in [0, 0.05) is 18.3 Å². The highest BCUT2D eigenvalue weighted by Crippen LogP contribution is 2.35. The molecule has 1 aliphatic rings. The van der Waals surface area contributed by atoms with E-state index in [4.69, 9.17) is 9.47 Å². The Kier molecular flexibility index (Phi) is 6.68. The lowest BCUT2D eigenvalue weighted by atomic mass is 10.2. The lowest BCUT2D eigenvalue weighted by Crippen LogP contribution is -2.34. The number of halogens is 1. The average Bonchev–Trinajstić information content (AvgIpc) is 3.48. The zero-order chi connectivity index (χ0) is 23.4. The van der Waals surface area contributed by atoms with Crippen molar-refractivity contribution in [2.45, 2.75) is 18.9 Å². The second kappa shape index (κ2) is 9.82. The van der Waals surface area contributed by atoms with Crippen LogP contribution in [-0.2, 0) is 0 Å². The summed E-state index contributed by atoms with van der Waals surface area (Å²) in [6.45, 7) is 0.535. The molecule has 1 aromatic heterocycles. The quantitative estimate of drug-likeness (QED) is 0.555. The van der Waals surface area contributed by atoms with Crippen LogP contribution in [0.1, 0.15) is 33.7 Å². The third-order valence-electron chi connectivity index (χ3n) is 5.16. The highest BCUT2D eigenvalue weighted by molar-refractivity contribution is 7.13. The van der Waals surface area contributed by atoms with Crippen molar-refractivity contribution in [2.75, 3.05) is 31.4 Å². The maximum Gasteiger partial charge on any atom is 0.322 e. The van der Waals surface area contributed by atoms with Gasteiger partial charge in [0.15, 0.2) is 0 Å². The maximum absolute atomic E-state index is 13.4. The number of aromatic nitrogens is 2. The molecule has 0 radical (unpaired) electrons. The van der Waals surface area contributed by atoms with Crippen molar-refractivity contribution in [1.29, 1.82) is 0 Å². The monoisotopic (exact) mass is 471 g/mol. The fraction of sp³-hybridized carbons (Fsp3) is 0.273. The molecule has 0 unspecified atom stereocenters. The van der Waals surface area contributed by atoms with E-state index in [1.807, 2.05) is 0 Å². The van der Waals surface area contributed by atoms with E-state index in [0.717, 1.165) is 17.8 Å². The summed E-state index contributed by atoms with van der Waals surface area (Å²) in [7, 11) is 3.06. The van der Waals surface area contributed by atoms with Crippen LogP contribution in [0.3, 0.4) is 0 Å². The van der Waals surface area contributed by atoms with Crippen molar-refractivity contribution >= 4 is 34.6 Å². The molecule has 2 N–H and O–H groups in total. The Balaban J connectivity index is 1.47. The van der Waals surface area contributed by atoms with Crippen LogP contribution in [-0.4, -0.2) is 47.8 Å². The molecule has 9 nitrogen and oxygen atoms in total. The molecule has 1 atom stereocenters. The van der Waals surface area contributed by atoms with E-state index in [1.165, 1.54) is 25.3 Å². The van der Waals surface area contributed by atoms with Gasteiger partial charge in [-0.15, -0.1) is 10.2 Å². The Morgan fingerprint density at radius 2 is 1.97 bits per heavy atom. The highest BCUT2D eigenvalue weighted by Gasteiger charge is 2.33. The number of urea groups is 1. The van der Waals surface area contributed by atoms with Crippen LogP contribution in [0.25, 0.3) is 0 Å². The van der Waals surface area contributed by atoms with E-state index in [-0.39, 0.29) is 17.1 Å². The first-order chi connectivity index (χ1) is 16.0. The summed E-state index contributed by atoms with van der Waals surface area (Å²) in [4.78, 5) is 27.2. The molecular weight excluding hydrogens is 449 g/mol. The number of hydrogen-bond donors (Lipinski definition) is 2. The van der Waals surface area contributed by atoms with Crippen molar-refractivity contribution in [3.8, 4) is 11.5 Å². The normalized spacial score (nSPS) is 15.2. The van der Waals surface area contributed by atoms with Gasteiger partial charge in [0.25, 0.3) is 5.91 Å². The van der Waals surface area contributed by atoms with Gasteiger partial charge in [-0.2, -0.15) is 0 Å². The molecule has 3 aromatic rings. The fourth-order valence-corrected chi connectivity index (χ4v) is 4.46. The number of carbonyl (C=O) groups excluding carboxylic acids is 2. The van der Waals surface area contributed by atoms with Crippen molar-refractivity contribution in [3.63, 3.8) is 0 Å². The number of rotatable bonds is 6. The standard InChI is InChI=1S/C22H22FN5O4S/c1-31-15-8-9-18(32-2)16(12-15)25-22(30)28-10-4-7-17(28)20-26-27-21(33-20)19(29)24-14-6-3-5-13(23)11-14/h3,5-6,8-9,11-12,17H,4,7,10H2,1-2H3,(H,24,29)(H,25,30)/t17-/m0/s1. The number of methoxy groups -OCH3 is 2. The Morgan fingerprint density at radius 3 is 2.73 bits per heavy atom. The van der Waals surface area contributed by atoms with Crippen molar-refractivity contribution in [1.82, 2.24) is 15.1 Å². The molecule has 2 heterocycles. The topological polar surface area (TPSA) is 106 Å². The first-order valence-electron chi connectivity index (χ1n) is 10.2. The van der Waals surface area contributed by atoms with E-state index >= 15 is 0 Å². The number of ether oxygens (including phenoxy) is 2. The smallest absolute Gasteiger partial charge is 0.322 e. The number of anilines is 2. The van der Waals surface area contributed by atoms with Gasteiger partial charge in [0.1, 0.15) is 22.3 Å². The molecule has 1 fully saturated rings. The largest absolute Gasteiger partial charge is 0.497 e. The van der Waals surface area contributed by atoms with Crippen LogP contribution in [0.2, 0.25) is 0 Å². The molecule has 11 heteroatoms. The van der Waals surface area contributed by atoms with E-state index in [0.29, 0.717) is 40.8 Å². The summed E-state index contributed by atoms with van der Waals surface area (Å²) in [6.07, 6.45) is 1.49. The zero-order valence-electron chi connectivity index (χ0n) is 18.0. The molecule has 33 heavy (non-hydrogen) atoms. The van der Waals surface area contributed by atoms with Gasteiger partial charge in [0.2, 0.25) is 5.01 Å². The molecule has 0 bridgehead atoms. The molecule has 1 aliphatic heterocycles. The summed E-state index contributed by atoms with van der Waals surface area (Å²) in [6, 6.07) is 10.1. The first kappa shape index (κ1) is 22.5. The van der Waals surface area contributed by atoms with Gasteiger partial charge in [-0.05, 0) is 43.2 Å². The summed E-state index contributed by atoms with van der Waals surface area (Å²) in [5.41, 5.74) is 0.811. The van der Waals surface area contributed by atoms with Gasteiger partial charge < -0.3 is 25.0 Å². The van der Waals surface area contributed by atoms with Crippen LogP contribution in [0.5, 0.6) is 11.5 Å². The lowest BCUT2D eigenvalue weighted by Gasteiger charge is -2.23. The van der Waals surface area contributed by atoms with Gasteiger partial charge in [-0.1, -0.05) is 17.4 Å². The highest BCUT2D eigenvalue weighted by atomic mass is 32.1. The Hall–Kier alpha value is -3.73. The van der Waals surface area contributed by atoms with E-state index in [9.17, 15) is 14.0 Å². The molecule has 0 spiro atoms. The van der Waals surface area contributed by atoms with Crippen LogP contribution in [0, 0.1) is 5.82 Å². The minimum Gasteiger partial charge on any atom is -0.497 e. The van der Waals surface area contributed by atoms with Crippen LogP contribution >= 0.6 is 11.3 Å². The van der Waals surface area contributed by atoms with E-state index < -0.39 is 11.7 Å². The Labute approximate surface area is 193 Å². The number of amides is 3. The third kappa shape index (κ3) is 5.03. The zero-order valence-corrected chi connectivity index (χ0v) is 18.8. The average molecular weight is 472 g/mol. The molecule has 0 saturated carbocycles. The second-order valence-electron chi connectivity index (χ2n) is 7.26. The minimum absolute atomic E-state index is 0.135. The molecule has 0 aliphatic carbocycles. The van der Waals surface area contributed by atoms with Gasteiger partial charge in [0.05, 0.1) is 25.9 Å². The minimum atomic E-state index is -0.487. The number of benzene rings is 2. The first-order valence-corrected chi connectivity index (χ1v) is 11.0. The van der Waals surface area contributed by atoms with Crippen LogP contribution in [0.15, 0.2) is 42.5 Å². The maximum atomic E-state index is 13.4. The number of likely N-dealkylation sites (tertiary alicyclic amines) is 1. The summed E-state index contributed by atoms with van der Waals surface area (Å²) < 4.78 is 23.9. The van der Waals surface area contributed by atoms with Gasteiger partial charge >= 0.3 is 6.03 Å². The third-order valence-corrected chi connectivity index (χ3v) is 6.19. The SMILES string of the molecule is COc1ccc(OC)c(NC(=O)N2CCC[C@H]2c2nnc(C(=O)Nc3cccc(F)c3)s2)c1. The van der Waals surface area contributed by atoms with E-state index in [1.54, 1.807) is 36.3 Å². The fourth-order valence-electron chi connectivity index (χ4n) is 3.58. The number of nitrogens with one attached hydrogen (secondary N) is 2. The Bertz CT molecular complexity index is 1170. The van der Waals surface area contributed by atoms with Gasteiger partial charge in [-0.3, -0.25) is 4.79 Å². The van der Waals surface area contributed by atoms with Gasteiger partial charge in [-0.25, -0.2) is 9.18 Å². The van der Waals surface area contributed by atoms with Crippen molar-refractivity contribution < 1.29 is 23.5 Å². The summed E-state index contributed by atoms with van der Waals surface area (Å²) >= 11 is 1.11. The van der Waals surface area contributed by atoms with Crippen molar-refractivity contribution in [2.24, 2.45) is 0 Å². The summed E-state index contributed by atoms with van der Waals surface area (Å²) in [5, 5.41) is 14.3. The predicted molar refractivity (Wildman–Crippen MR) is 122 cm³/mol. The molecule has 172 valence electrons. The molecule has 4 rings (SSSR count). The van der Waals surface area contributed by atoms with Crippen molar-refractivity contribution in [3.05, 3.63) is 58.3 Å². The summed E-state index contributed by atoms with van der Waals surface area (Å²) in [5.74, 6) is 0.153. The number of hydrogen-bond acceptors (Lipinski definition) is 7. The van der Waals surface area contributed by atoms with Crippen LogP contribution < -0.4 is 20.1 Å². The molecular formula is C22H22FN5O4S. The molecule has 2 aromatic carbocycles.